The number of hydrogen-bond acceptors (Lipinski definition) is 5. The summed E-state index contributed by atoms with van der Waals surface area (Å²) in [6, 6.07) is 13.0. The highest BCUT2D eigenvalue weighted by Gasteiger charge is 2.28. The maximum absolute atomic E-state index is 13.4. The maximum Gasteiger partial charge on any atom is 0.359 e. The van der Waals surface area contributed by atoms with Crippen LogP contribution in [-0.4, -0.2) is 25.7 Å². The molecule has 32 heavy (non-hydrogen) atoms. The number of nitrogens with zero attached hydrogens (tertiary/aromatic N) is 3. The average Bonchev–Trinajstić information content (AvgIpc) is 3.19. The Kier molecular flexibility index (Phi) is 5.05. The standard InChI is InChI=1S/C24H21FN4O3/c1-14(22-26-19-8-4-2-6-17(19)23(30)27-22)32-24(31)21-18-7-3-5-9-20(18)29(28-21)16-12-10-15(25)11-13-16/h2,4,6,8,10-14H,3,5,7,9H2,1H3,(H,26,27,30). The molecule has 162 valence electrons. The number of esters is 1. The normalized spacial score (nSPS) is 14.2. The first-order valence-electron chi connectivity index (χ1n) is 10.6. The third kappa shape index (κ3) is 3.57. The summed E-state index contributed by atoms with van der Waals surface area (Å²) in [6.07, 6.45) is 2.68. The predicted molar refractivity (Wildman–Crippen MR) is 116 cm³/mol. The van der Waals surface area contributed by atoms with Crippen molar-refractivity contribution in [1.29, 1.82) is 0 Å². The van der Waals surface area contributed by atoms with Gasteiger partial charge >= 0.3 is 5.97 Å². The predicted octanol–water partition coefficient (Wildman–Crippen LogP) is 4.04. The number of ether oxygens (including phenoxy) is 1. The Morgan fingerprint density at radius 2 is 1.88 bits per heavy atom. The van der Waals surface area contributed by atoms with Gasteiger partial charge in [-0.1, -0.05) is 12.1 Å². The summed E-state index contributed by atoms with van der Waals surface area (Å²) in [7, 11) is 0. The van der Waals surface area contributed by atoms with E-state index in [1.165, 1.54) is 12.1 Å². The molecule has 1 aliphatic carbocycles. The Morgan fingerprint density at radius 3 is 2.69 bits per heavy atom. The van der Waals surface area contributed by atoms with Crippen LogP contribution in [0.5, 0.6) is 0 Å². The molecule has 0 saturated heterocycles. The van der Waals surface area contributed by atoms with Gasteiger partial charge in [-0.05, 0) is 69.0 Å². The second-order valence-electron chi connectivity index (χ2n) is 7.89. The molecule has 1 N–H and O–H groups in total. The number of carbonyl (C=O) groups excluding carboxylic acids is 1. The molecule has 2 aromatic carbocycles. The fourth-order valence-electron chi connectivity index (χ4n) is 4.13. The number of rotatable bonds is 4. The van der Waals surface area contributed by atoms with Crippen molar-refractivity contribution < 1.29 is 13.9 Å². The molecule has 2 heterocycles. The Morgan fingerprint density at radius 1 is 1.12 bits per heavy atom. The molecule has 0 amide bonds. The zero-order chi connectivity index (χ0) is 22.2. The van der Waals surface area contributed by atoms with E-state index in [1.54, 1.807) is 48.0 Å². The Bertz CT molecular complexity index is 1370. The van der Waals surface area contributed by atoms with Crippen LogP contribution >= 0.6 is 0 Å². The summed E-state index contributed by atoms with van der Waals surface area (Å²) in [6.45, 7) is 1.66. The molecule has 5 rings (SSSR count). The highest BCUT2D eigenvalue weighted by molar-refractivity contribution is 5.89. The van der Waals surface area contributed by atoms with Crippen LogP contribution in [0.1, 0.15) is 53.4 Å². The van der Waals surface area contributed by atoms with Crippen LogP contribution in [0.2, 0.25) is 0 Å². The lowest BCUT2D eigenvalue weighted by atomic mass is 9.95. The van der Waals surface area contributed by atoms with Crippen molar-refractivity contribution >= 4 is 16.9 Å². The van der Waals surface area contributed by atoms with Crippen molar-refractivity contribution in [2.24, 2.45) is 0 Å². The molecule has 2 aromatic heterocycles. The number of hydrogen-bond donors (Lipinski definition) is 1. The molecular formula is C24H21FN4O3. The van der Waals surface area contributed by atoms with Crippen LogP contribution in [-0.2, 0) is 17.6 Å². The minimum Gasteiger partial charge on any atom is -0.450 e. The third-order valence-electron chi connectivity index (χ3n) is 5.74. The zero-order valence-corrected chi connectivity index (χ0v) is 17.5. The highest BCUT2D eigenvalue weighted by Crippen LogP contribution is 2.28. The lowest BCUT2D eigenvalue weighted by molar-refractivity contribution is 0.0311. The van der Waals surface area contributed by atoms with Crippen molar-refractivity contribution in [2.75, 3.05) is 0 Å². The van der Waals surface area contributed by atoms with Gasteiger partial charge in [-0.3, -0.25) is 4.79 Å². The van der Waals surface area contributed by atoms with E-state index in [9.17, 15) is 14.0 Å². The fraction of sp³-hybridized carbons (Fsp3) is 0.250. The molecule has 0 fully saturated rings. The summed E-state index contributed by atoms with van der Waals surface area (Å²) in [5.74, 6) is -0.638. The SMILES string of the molecule is CC(OC(=O)c1nn(-c2ccc(F)cc2)c2c1CCCC2)c1nc2ccccc2c(=O)[nH]1. The minimum absolute atomic E-state index is 0.249. The topological polar surface area (TPSA) is 89.9 Å². The van der Waals surface area contributed by atoms with Gasteiger partial charge in [-0.25, -0.2) is 18.9 Å². The molecule has 0 aliphatic heterocycles. The Labute approximate surface area is 182 Å². The van der Waals surface area contributed by atoms with Gasteiger partial charge in [0.25, 0.3) is 5.56 Å². The summed E-state index contributed by atoms with van der Waals surface area (Å²) in [5, 5.41) is 5.01. The van der Waals surface area contributed by atoms with Crippen LogP contribution < -0.4 is 5.56 Å². The van der Waals surface area contributed by atoms with Crippen LogP contribution in [0.15, 0.2) is 53.3 Å². The van der Waals surface area contributed by atoms with Crippen LogP contribution in [0.3, 0.4) is 0 Å². The smallest absolute Gasteiger partial charge is 0.359 e. The van der Waals surface area contributed by atoms with E-state index in [0.29, 0.717) is 16.6 Å². The molecule has 0 saturated carbocycles. The highest BCUT2D eigenvalue weighted by atomic mass is 19.1. The van der Waals surface area contributed by atoms with E-state index in [2.05, 4.69) is 15.1 Å². The van der Waals surface area contributed by atoms with Gasteiger partial charge in [0.15, 0.2) is 17.6 Å². The van der Waals surface area contributed by atoms with E-state index in [-0.39, 0.29) is 22.9 Å². The summed E-state index contributed by atoms with van der Waals surface area (Å²) in [4.78, 5) is 32.6. The summed E-state index contributed by atoms with van der Waals surface area (Å²) in [5.41, 5.74) is 2.99. The first-order valence-corrected chi connectivity index (χ1v) is 10.6. The van der Waals surface area contributed by atoms with E-state index in [4.69, 9.17) is 4.74 Å². The summed E-state index contributed by atoms with van der Waals surface area (Å²) >= 11 is 0. The van der Waals surface area contributed by atoms with Gasteiger partial charge in [-0.15, -0.1) is 0 Å². The van der Waals surface area contributed by atoms with Gasteiger partial charge in [0.05, 0.1) is 16.6 Å². The molecule has 4 aromatic rings. The van der Waals surface area contributed by atoms with Gasteiger partial charge in [-0.2, -0.15) is 5.10 Å². The van der Waals surface area contributed by atoms with Crippen molar-refractivity contribution in [1.82, 2.24) is 19.7 Å². The van der Waals surface area contributed by atoms with E-state index < -0.39 is 12.1 Å². The van der Waals surface area contributed by atoms with Gasteiger partial charge < -0.3 is 9.72 Å². The number of para-hydroxylation sites is 1. The lowest BCUT2D eigenvalue weighted by Crippen LogP contribution is -2.18. The number of carbonyl (C=O) groups is 1. The van der Waals surface area contributed by atoms with Crippen molar-refractivity contribution in [3.05, 3.63) is 87.5 Å². The summed E-state index contributed by atoms with van der Waals surface area (Å²) < 4.78 is 20.7. The molecule has 1 unspecified atom stereocenters. The molecule has 0 spiro atoms. The average molecular weight is 432 g/mol. The number of nitrogens with one attached hydrogen (secondary N) is 1. The number of halogens is 1. The Hall–Kier alpha value is -3.81. The second kappa shape index (κ2) is 8.03. The number of benzene rings is 2. The van der Waals surface area contributed by atoms with E-state index in [1.807, 2.05) is 0 Å². The van der Waals surface area contributed by atoms with Crippen molar-refractivity contribution in [3.63, 3.8) is 0 Å². The first-order chi connectivity index (χ1) is 15.5. The van der Waals surface area contributed by atoms with Crippen molar-refractivity contribution in [2.45, 2.75) is 38.7 Å². The van der Waals surface area contributed by atoms with Gasteiger partial charge in [0.1, 0.15) is 5.82 Å². The second-order valence-corrected chi connectivity index (χ2v) is 7.89. The minimum atomic E-state index is -0.769. The molecule has 1 atom stereocenters. The molecule has 1 aliphatic rings. The van der Waals surface area contributed by atoms with Crippen molar-refractivity contribution in [3.8, 4) is 5.69 Å². The number of aromatic amines is 1. The van der Waals surface area contributed by atoms with Crippen LogP contribution in [0.4, 0.5) is 4.39 Å². The number of aromatic nitrogens is 4. The molecule has 0 bridgehead atoms. The first kappa shape index (κ1) is 20.1. The van der Waals surface area contributed by atoms with Gasteiger partial charge in [0, 0.05) is 11.3 Å². The monoisotopic (exact) mass is 432 g/mol. The third-order valence-corrected chi connectivity index (χ3v) is 5.74. The number of fused-ring (bicyclic) bond motifs is 2. The van der Waals surface area contributed by atoms with E-state index >= 15 is 0 Å². The molecular weight excluding hydrogens is 411 g/mol. The Balaban J connectivity index is 1.47. The quantitative estimate of drug-likeness (QED) is 0.492. The fourth-order valence-corrected chi connectivity index (χ4v) is 4.13. The zero-order valence-electron chi connectivity index (χ0n) is 17.5. The maximum atomic E-state index is 13.4. The van der Waals surface area contributed by atoms with Crippen LogP contribution in [0, 0.1) is 5.82 Å². The number of H-pyrrole nitrogens is 1. The molecule has 7 nitrogen and oxygen atoms in total. The molecule has 0 radical (unpaired) electrons. The van der Waals surface area contributed by atoms with Gasteiger partial charge in [0.2, 0.25) is 0 Å². The van der Waals surface area contributed by atoms with E-state index in [0.717, 1.165) is 36.9 Å². The van der Waals surface area contributed by atoms with Crippen LogP contribution in [0.25, 0.3) is 16.6 Å². The lowest BCUT2D eigenvalue weighted by Gasteiger charge is -2.15. The molecule has 8 heteroatoms. The largest absolute Gasteiger partial charge is 0.450 e.